The van der Waals surface area contributed by atoms with Gasteiger partial charge in [-0.3, -0.25) is 4.79 Å². The van der Waals surface area contributed by atoms with Crippen LogP contribution in [0.5, 0.6) is 0 Å². The Bertz CT molecular complexity index is 407. The molecule has 2 N–H and O–H groups in total. The van der Waals surface area contributed by atoms with Crippen LogP contribution in [-0.2, 0) is 19.1 Å². The van der Waals surface area contributed by atoms with E-state index < -0.39 is 35.8 Å². The quantitative estimate of drug-likeness (QED) is 0.522. The molecule has 6 nitrogen and oxygen atoms in total. The van der Waals surface area contributed by atoms with Crippen molar-refractivity contribution < 1.29 is 33.0 Å². The van der Waals surface area contributed by atoms with Gasteiger partial charge < -0.3 is 15.2 Å². The van der Waals surface area contributed by atoms with Gasteiger partial charge in [-0.1, -0.05) is 6.92 Å². The number of nitrogens with one attached hydrogen (secondary N) is 1. The van der Waals surface area contributed by atoms with Gasteiger partial charge in [0.15, 0.2) is 0 Å². The third kappa shape index (κ3) is 6.26. The average molecular weight is 293 g/mol. The predicted octanol–water partition coefficient (Wildman–Crippen LogP) is 1.46. The van der Waals surface area contributed by atoms with E-state index in [2.05, 4.69) is 10.1 Å². The molecule has 0 atom stereocenters. The highest BCUT2D eigenvalue weighted by molar-refractivity contribution is 5.89. The monoisotopic (exact) mass is 293 g/mol. The van der Waals surface area contributed by atoms with E-state index in [1.165, 1.54) is 6.92 Å². The number of carbonyl (C=O) groups is 3. The van der Waals surface area contributed by atoms with Crippen molar-refractivity contribution in [1.82, 2.24) is 5.32 Å². The molecule has 0 aromatic rings. The third-order valence-electron chi connectivity index (χ3n) is 2.15. The Kier molecular flexibility index (Phi) is 7.42. The number of hydrogen-bond donors (Lipinski definition) is 2. The lowest BCUT2D eigenvalue weighted by atomic mass is 10.1. The normalized spacial score (nSPS) is 11.9. The molecule has 0 saturated heterocycles. The van der Waals surface area contributed by atoms with Crippen molar-refractivity contribution in [3.05, 3.63) is 11.8 Å². The van der Waals surface area contributed by atoms with Gasteiger partial charge in [0.05, 0.1) is 18.6 Å². The summed E-state index contributed by atoms with van der Waals surface area (Å²) in [4.78, 5) is 33.0. The third-order valence-corrected chi connectivity index (χ3v) is 2.15. The number of halogens is 2. The Morgan fingerprint density at radius 3 is 2.35 bits per heavy atom. The first-order valence-electron chi connectivity index (χ1n) is 6.01. The van der Waals surface area contributed by atoms with Crippen LogP contribution in [0.25, 0.3) is 0 Å². The Labute approximate surface area is 114 Å². The van der Waals surface area contributed by atoms with Gasteiger partial charge in [0.25, 0.3) is 0 Å². The highest BCUT2D eigenvalue weighted by atomic mass is 19.3. The van der Waals surface area contributed by atoms with Crippen molar-refractivity contribution in [2.75, 3.05) is 6.61 Å². The molecule has 0 unspecified atom stereocenters. The summed E-state index contributed by atoms with van der Waals surface area (Å²) in [7, 11) is 0. The summed E-state index contributed by atoms with van der Waals surface area (Å²) in [6.07, 6.45) is -0.0141. The van der Waals surface area contributed by atoms with Crippen LogP contribution in [0.2, 0.25) is 0 Å². The van der Waals surface area contributed by atoms with Gasteiger partial charge in [0.1, 0.15) is 0 Å². The van der Waals surface area contributed by atoms with Crippen LogP contribution in [0, 0.1) is 0 Å². The van der Waals surface area contributed by atoms with E-state index >= 15 is 0 Å². The molecule has 8 heteroatoms. The average Bonchev–Trinajstić information content (AvgIpc) is 2.34. The topological polar surface area (TPSA) is 92.7 Å². The first-order valence-corrected chi connectivity index (χ1v) is 6.01. The Hall–Kier alpha value is -1.99. The van der Waals surface area contributed by atoms with E-state index in [9.17, 15) is 23.2 Å². The second kappa shape index (κ2) is 8.23. The number of carboxylic acids is 1. The molecule has 0 spiro atoms. The Balaban J connectivity index is 4.85. The molecule has 0 fully saturated rings. The molecule has 114 valence electrons. The summed E-state index contributed by atoms with van der Waals surface area (Å²) in [6.45, 7) is 2.84. The molecule has 0 rings (SSSR count). The summed E-state index contributed by atoms with van der Waals surface area (Å²) < 4.78 is 30.9. The molecule has 0 aromatic heterocycles. The molecule has 0 heterocycles. The highest BCUT2D eigenvalue weighted by Gasteiger charge is 2.42. The standard InChI is InChI=1S/C12H17F2NO5/c1-3-5-9(16)15-7-8(10(17)18)6-12(13,14)11(19)20-4-2/h7H,3-6H2,1-2H3,(H,15,16)(H,17,18)/b8-7-. The smallest absolute Gasteiger partial charge is 0.377 e. The Morgan fingerprint density at radius 1 is 1.30 bits per heavy atom. The lowest BCUT2D eigenvalue weighted by Crippen LogP contribution is -2.33. The van der Waals surface area contributed by atoms with Crippen molar-refractivity contribution >= 4 is 17.8 Å². The number of esters is 1. The fourth-order valence-electron chi connectivity index (χ4n) is 1.20. The van der Waals surface area contributed by atoms with E-state index in [1.54, 1.807) is 6.92 Å². The molecular weight excluding hydrogens is 276 g/mol. The minimum absolute atomic E-state index is 0.137. The van der Waals surface area contributed by atoms with Crippen LogP contribution in [0.1, 0.15) is 33.1 Å². The number of alkyl halides is 2. The molecular formula is C12H17F2NO5. The maximum Gasteiger partial charge on any atom is 0.377 e. The van der Waals surface area contributed by atoms with Crippen molar-refractivity contribution in [3.63, 3.8) is 0 Å². The number of ether oxygens (including phenoxy) is 1. The molecule has 0 saturated carbocycles. The maximum absolute atomic E-state index is 13.4. The van der Waals surface area contributed by atoms with Gasteiger partial charge in [-0.05, 0) is 13.3 Å². The molecule has 0 aliphatic heterocycles. The van der Waals surface area contributed by atoms with Crippen LogP contribution >= 0.6 is 0 Å². The van der Waals surface area contributed by atoms with Gasteiger partial charge in [-0.25, -0.2) is 9.59 Å². The lowest BCUT2D eigenvalue weighted by Gasteiger charge is -2.14. The zero-order valence-electron chi connectivity index (χ0n) is 11.2. The van der Waals surface area contributed by atoms with E-state index in [4.69, 9.17) is 5.11 Å². The zero-order valence-corrected chi connectivity index (χ0v) is 11.2. The molecule has 1 amide bonds. The summed E-state index contributed by atoms with van der Waals surface area (Å²) >= 11 is 0. The fourth-order valence-corrected chi connectivity index (χ4v) is 1.20. The number of carboxylic acid groups (broad SMARTS) is 1. The summed E-state index contributed by atoms with van der Waals surface area (Å²) in [6, 6.07) is 0. The molecule has 0 radical (unpaired) electrons. The van der Waals surface area contributed by atoms with Crippen LogP contribution in [0.4, 0.5) is 8.78 Å². The second-order valence-electron chi connectivity index (χ2n) is 3.89. The van der Waals surface area contributed by atoms with Crippen molar-refractivity contribution in [2.45, 2.75) is 39.0 Å². The molecule has 0 aliphatic rings. The number of rotatable bonds is 8. The van der Waals surface area contributed by atoms with Crippen LogP contribution in [0.3, 0.4) is 0 Å². The summed E-state index contributed by atoms with van der Waals surface area (Å²) in [5.41, 5.74) is -0.785. The van der Waals surface area contributed by atoms with E-state index in [0.717, 1.165) is 0 Å². The summed E-state index contributed by atoms with van der Waals surface area (Å²) in [5, 5.41) is 10.9. The van der Waals surface area contributed by atoms with Crippen molar-refractivity contribution in [2.24, 2.45) is 0 Å². The van der Waals surface area contributed by atoms with Crippen LogP contribution in [0.15, 0.2) is 11.8 Å². The van der Waals surface area contributed by atoms with Crippen LogP contribution in [-0.4, -0.2) is 35.5 Å². The largest absolute Gasteiger partial charge is 0.478 e. The molecule has 0 aromatic carbocycles. The second-order valence-corrected chi connectivity index (χ2v) is 3.89. The van der Waals surface area contributed by atoms with Crippen molar-refractivity contribution in [3.8, 4) is 0 Å². The number of aliphatic carboxylic acids is 1. The number of carbonyl (C=O) groups excluding carboxylic acids is 2. The van der Waals surface area contributed by atoms with Crippen LogP contribution < -0.4 is 5.32 Å². The number of hydrogen-bond acceptors (Lipinski definition) is 4. The fraction of sp³-hybridized carbons (Fsp3) is 0.583. The lowest BCUT2D eigenvalue weighted by molar-refractivity contribution is -0.171. The number of amides is 1. The predicted molar refractivity (Wildman–Crippen MR) is 65.0 cm³/mol. The molecule has 0 bridgehead atoms. The zero-order chi connectivity index (χ0) is 15.8. The van der Waals surface area contributed by atoms with E-state index in [0.29, 0.717) is 12.6 Å². The first-order chi connectivity index (χ1) is 9.24. The van der Waals surface area contributed by atoms with E-state index in [1.807, 2.05) is 0 Å². The molecule has 0 aliphatic carbocycles. The highest BCUT2D eigenvalue weighted by Crippen LogP contribution is 2.24. The van der Waals surface area contributed by atoms with Gasteiger partial charge in [0, 0.05) is 12.6 Å². The van der Waals surface area contributed by atoms with Gasteiger partial charge in [-0.2, -0.15) is 8.78 Å². The van der Waals surface area contributed by atoms with Crippen molar-refractivity contribution in [1.29, 1.82) is 0 Å². The SMILES string of the molecule is CCCC(=O)N/C=C(/CC(F)(F)C(=O)OCC)C(=O)O. The first kappa shape index (κ1) is 18.0. The molecule has 20 heavy (non-hydrogen) atoms. The Morgan fingerprint density at radius 2 is 1.90 bits per heavy atom. The minimum Gasteiger partial charge on any atom is -0.478 e. The maximum atomic E-state index is 13.4. The van der Waals surface area contributed by atoms with E-state index in [-0.39, 0.29) is 13.0 Å². The minimum atomic E-state index is -3.96. The van der Waals surface area contributed by atoms with Gasteiger partial charge >= 0.3 is 17.9 Å². The summed E-state index contributed by atoms with van der Waals surface area (Å²) in [5.74, 6) is -7.90. The van der Waals surface area contributed by atoms with Gasteiger partial charge in [-0.15, -0.1) is 0 Å². The van der Waals surface area contributed by atoms with Gasteiger partial charge in [0.2, 0.25) is 5.91 Å².